The Balaban J connectivity index is 1.52. The molecule has 3 N–H and O–H groups in total. The summed E-state index contributed by atoms with van der Waals surface area (Å²) in [5.41, 5.74) is -0.999. The van der Waals surface area contributed by atoms with Gasteiger partial charge in [-0.3, -0.25) is 9.59 Å². The molecule has 8 nitrogen and oxygen atoms in total. The smallest absolute Gasteiger partial charge is 0.262 e. The van der Waals surface area contributed by atoms with E-state index in [1.54, 1.807) is 30.5 Å². The molecule has 0 atom stereocenters. The van der Waals surface area contributed by atoms with Gasteiger partial charge < -0.3 is 20.3 Å². The molecule has 0 saturated heterocycles. The van der Waals surface area contributed by atoms with E-state index in [0.717, 1.165) is 18.7 Å². The predicted molar refractivity (Wildman–Crippen MR) is 96.7 cm³/mol. The van der Waals surface area contributed by atoms with Gasteiger partial charge in [0.15, 0.2) is 5.82 Å². The normalized spacial score (nSPS) is 19.7. The van der Waals surface area contributed by atoms with Gasteiger partial charge in [-0.05, 0) is 38.1 Å². The molecule has 1 fully saturated rings. The molecule has 0 aromatic carbocycles. The van der Waals surface area contributed by atoms with E-state index in [4.69, 9.17) is 0 Å². The van der Waals surface area contributed by atoms with E-state index < -0.39 is 5.54 Å². The number of amides is 2. The highest BCUT2D eigenvalue weighted by molar-refractivity contribution is 7.12. The average Bonchev–Trinajstić information content (AvgIpc) is 3.19. The van der Waals surface area contributed by atoms with E-state index >= 15 is 0 Å². The molecule has 2 aromatic heterocycles. The molecule has 0 spiro atoms. The summed E-state index contributed by atoms with van der Waals surface area (Å²) in [4.78, 5) is 25.3. The van der Waals surface area contributed by atoms with Crippen molar-refractivity contribution in [3.05, 3.63) is 34.0 Å². The molecule has 0 aliphatic heterocycles. The van der Waals surface area contributed by atoms with Crippen molar-refractivity contribution in [3.63, 3.8) is 0 Å². The minimum Gasteiger partial charge on any atom is -0.388 e. The highest BCUT2D eigenvalue weighted by Gasteiger charge is 2.38. The standard InChI is InChI=1S/C17H23N5O3S/c1-17(2,19-15(24)12-5-4-6-26-12)16(25)18-11-7-10(8-11)14-21-20-13(9-23)22(14)3/h4-6,10-11,23H,7-9H2,1-3H3,(H,18,25)(H,19,24). The van der Waals surface area contributed by atoms with Crippen LogP contribution in [0.25, 0.3) is 0 Å². The molecular formula is C17H23N5O3S. The summed E-state index contributed by atoms with van der Waals surface area (Å²) in [6, 6.07) is 3.57. The number of rotatable bonds is 6. The van der Waals surface area contributed by atoms with Crippen LogP contribution in [0.2, 0.25) is 0 Å². The number of nitrogens with one attached hydrogen (secondary N) is 2. The number of hydrogen-bond donors (Lipinski definition) is 3. The summed E-state index contributed by atoms with van der Waals surface area (Å²) in [5, 5.41) is 24.9. The van der Waals surface area contributed by atoms with E-state index in [1.807, 2.05) is 12.4 Å². The lowest BCUT2D eigenvalue weighted by Crippen LogP contribution is -2.58. The van der Waals surface area contributed by atoms with E-state index in [1.165, 1.54) is 11.3 Å². The van der Waals surface area contributed by atoms with Crippen molar-refractivity contribution in [1.82, 2.24) is 25.4 Å². The summed E-state index contributed by atoms with van der Waals surface area (Å²) in [5.74, 6) is 1.11. The van der Waals surface area contributed by atoms with E-state index in [9.17, 15) is 14.7 Å². The zero-order valence-electron chi connectivity index (χ0n) is 15.0. The Morgan fingerprint density at radius 1 is 1.38 bits per heavy atom. The topological polar surface area (TPSA) is 109 Å². The van der Waals surface area contributed by atoms with Crippen LogP contribution in [0.4, 0.5) is 0 Å². The van der Waals surface area contributed by atoms with Crippen molar-refractivity contribution in [2.24, 2.45) is 7.05 Å². The van der Waals surface area contributed by atoms with Crippen LogP contribution in [0.15, 0.2) is 17.5 Å². The Labute approximate surface area is 155 Å². The minimum absolute atomic E-state index is 0.0414. The number of aliphatic hydroxyl groups excluding tert-OH is 1. The van der Waals surface area contributed by atoms with Crippen LogP contribution in [-0.2, 0) is 18.4 Å². The number of aliphatic hydroxyl groups is 1. The van der Waals surface area contributed by atoms with Gasteiger partial charge in [0.25, 0.3) is 5.91 Å². The molecule has 1 saturated carbocycles. The average molecular weight is 377 g/mol. The third kappa shape index (κ3) is 3.63. The highest BCUT2D eigenvalue weighted by Crippen LogP contribution is 2.36. The molecule has 2 heterocycles. The van der Waals surface area contributed by atoms with Crippen LogP contribution in [0.5, 0.6) is 0 Å². The molecule has 140 valence electrons. The first-order valence-corrected chi connectivity index (χ1v) is 9.35. The number of hydrogen-bond acceptors (Lipinski definition) is 6. The molecule has 1 aliphatic rings. The molecule has 1 aliphatic carbocycles. The largest absolute Gasteiger partial charge is 0.388 e. The monoisotopic (exact) mass is 377 g/mol. The van der Waals surface area contributed by atoms with Crippen LogP contribution in [-0.4, -0.2) is 43.3 Å². The summed E-state index contributed by atoms with van der Waals surface area (Å²) in [7, 11) is 1.83. The van der Waals surface area contributed by atoms with Gasteiger partial charge in [-0.25, -0.2) is 0 Å². The molecule has 26 heavy (non-hydrogen) atoms. The fourth-order valence-corrected chi connectivity index (χ4v) is 3.61. The van der Waals surface area contributed by atoms with Crippen molar-refractivity contribution in [2.45, 2.75) is 50.8 Å². The maximum Gasteiger partial charge on any atom is 0.262 e. The molecule has 3 rings (SSSR count). The van der Waals surface area contributed by atoms with Gasteiger partial charge in [-0.1, -0.05) is 6.07 Å². The molecule has 0 radical (unpaired) electrons. The first-order valence-electron chi connectivity index (χ1n) is 8.48. The molecule has 2 amide bonds. The van der Waals surface area contributed by atoms with Crippen LogP contribution in [0.1, 0.15) is 53.9 Å². The second-order valence-corrected chi connectivity index (χ2v) is 8.03. The summed E-state index contributed by atoms with van der Waals surface area (Å²) in [6.45, 7) is 3.24. The Bertz CT molecular complexity index is 793. The number of nitrogens with zero attached hydrogens (tertiary/aromatic N) is 3. The minimum atomic E-state index is -0.999. The summed E-state index contributed by atoms with van der Waals surface area (Å²) < 4.78 is 1.80. The van der Waals surface area contributed by atoms with E-state index in [0.29, 0.717) is 10.7 Å². The molecule has 9 heteroatoms. The molecule has 0 unspecified atom stereocenters. The quantitative estimate of drug-likeness (QED) is 0.694. The van der Waals surface area contributed by atoms with Crippen LogP contribution in [0.3, 0.4) is 0 Å². The van der Waals surface area contributed by atoms with Crippen LogP contribution < -0.4 is 10.6 Å². The highest BCUT2D eigenvalue weighted by atomic mass is 32.1. The maximum absolute atomic E-state index is 12.5. The van der Waals surface area contributed by atoms with Gasteiger partial charge in [0.05, 0.1) is 4.88 Å². The zero-order valence-corrected chi connectivity index (χ0v) is 15.8. The van der Waals surface area contributed by atoms with Crippen molar-refractivity contribution in [1.29, 1.82) is 0 Å². The fourth-order valence-electron chi connectivity index (χ4n) is 2.99. The van der Waals surface area contributed by atoms with Crippen molar-refractivity contribution in [2.75, 3.05) is 0 Å². The lowest BCUT2D eigenvalue weighted by molar-refractivity contribution is -0.127. The van der Waals surface area contributed by atoms with Gasteiger partial charge in [-0.15, -0.1) is 21.5 Å². The third-order valence-electron chi connectivity index (χ3n) is 4.72. The van der Waals surface area contributed by atoms with Crippen molar-refractivity contribution in [3.8, 4) is 0 Å². The van der Waals surface area contributed by atoms with E-state index in [2.05, 4.69) is 20.8 Å². The Morgan fingerprint density at radius 3 is 2.69 bits per heavy atom. The Morgan fingerprint density at radius 2 is 2.12 bits per heavy atom. The zero-order chi connectivity index (χ0) is 18.9. The summed E-state index contributed by atoms with van der Waals surface area (Å²) in [6.07, 6.45) is 1.52. The molecular weight excluding hydrogens is 354 g/mol. The van der Waals surface area contributed by atoms with Crippen LogP contribution >= 0.6 is 11.3 Å². The number of thiophene rings is 1. The van der Waals surface area contributed by atoms with Gasteiger partial charge in [0.2, 0.25) is 5.91 Å². The van der Waals surface area contributed by atoms with Gasteiger partial charge in [0, 0.05) is 19.0 Å². The van der Waals surface area contributed by atoms with Gasteiger partial charge in [0.1, 0.15) is 18.0 Å². The Hall–Kier alpha value is -2.26. The predicted octanol–water partition coefficient (Wildman–Crippen LogP) is 0.940. The lowest BCUT2D eigenvalue weighted by atomic mass is 9.79. The molecule has 0 bridgehead atoms. The number of carbonyl (C=O) groups excluding carboxylic acids is 2. The van der Waals surface area contributed by atoms with Crippen LogP contribution in [0, 0.1) is 0 Å². The first kappa shape index (κ1) is 18.5. The molecule has 2 aromatic rings. The number of carbonyl (C=O) groups is 2. The second kappa shape index (κ2) is 7.16. The van der Waals surface area contributed by atoms with E-state index in [-0.39, 0.29) is 30.4 Å². The van der Waals surface area contributed by atoms with Crippen molar-refractivity contribution >= 4 is 23.2 Å². The summed E-state index contributed by atoms with van der Waals surface area (Å²) >= 11 is 1.34. The second-order valence-electron chi connectivity index (χ2n) is 7.09. The first-order chi connectivity index (χ1) is 12.3. The number of aromatic nitrogens is 3. The van der Waals surface area contributed by atoms with Gasteiger partial charge in [-0.2, -0.15) is 0 Å². The SMILES string of the molecule is Cn1c(CO)nnc1C1CC(NC(=O)C(C)(C)NC(=O)c2cccs2)C1. The van der Waals surface area contributed by atoms with Gasteiger partial charge >= 0.3 is 0 Å². The fraction of sp³-hybridized carbons (Fsp3) is 0.529. The maximum atomic E-state index is 12.5. The Kier molecular flexibility index (Phi) is 5.10. The lowest BCUT2D eigenvalue weighted by Gasteiger charge is -2.37. The van der Waals surface area contributed by atoms with Crippen molar-refractivity contribution < 1.29 is 14.7 Å². The third-order valence-corrected chi connectivity index (χ3v) is 5.59.